The standard InChI is InChI=1S/4C19H19F2NO4/c4*1-3-25-19(24)16-8-13(12-5-4-11(20)7-15(12)21)14-6-10(2)17(9-23)26-18(14)22-16/h4*4-5,7-8,10,17,23H,3,6,9H2,1-2H3/t2*10-,17+;2*10-,17-/m1010/s1. The molecule has 0 aliphatic carbocycles. The number of aliphatic hydroxyl groups excluding tert-OH is 4. The topological polar surface area (TPSA) is 275 Å². The van der Waals surface area contributed by atoms with Gasteiger partial charge < -0.3 is 58.3 Å². The molecule has 0 unspecified atom stereocenters. The lowest BCUT2D eigenvalue weighted by molar-refractivity contribution is 0.0484. The van der Waals surface area contributed by atoms with Gasteiger partial charge in [-0.2, -0.15) is 0 Å². The highest BCUT2D eigenvalue weighted by atomic mass is 19.2. The first kappa shape index (κ1) is 78.0. The van der Waals surface area contributed by atoms with E-state index in [9.17, 15) is 74.7 Å². The summed E-state index contributed by atoms with van der Waals surface area (Å²) in [4.78, 5) is 65.3. The van der Waals surface area contributed by atoms with Gasteiger partial charge in [0.1, 0.15) is 71.0 Å². The molecule has 0 radical (unpaired) electrons. The smallest absolute Gasteiger partial charge is 0.357 e. The zero-order valence-electron chi connectivity index (χ0n) is 57.8. The number of esters is 4. The molecule has 8 aromatic rings. The number of halogens is 8. The van der Waals surface area contributed by atoms with Gasteiger partial charge in [-0.1, -0.05) is 27.7 Å². The summed E-state index contributed by atoms with van der Waals surface area (Å²) >= 11 is 0. The van der Waals surface area contributed by atoms with Gasteiger partial charge in [-0.25, -0.2) is 74.2 Å². The van der Waals surface area contributed by atoms with Crippen molar-refractivity contribution in [3.8, 4) is 68.0 Å². The summed E-state index contributed by atoms with van der Waals surface area (Å²) in [5, 5.41) is 37.9. The van der Waals surface area contributed by atoms with Crippen LogP contribution in [0.4, 0.5) is 35.1 Å². The van der Waals surface area contributed by atoms with E-state index in [1.54, 1.807) is 27.7 Å². The molecule has 0 saturated carbocycles. The van der Waals surface area contributed by atoms with E-state index in [0.717, 1.165) is 48.5 Å². The highest BCUT2D eigenvalue weighted by Crippen LogP contribution is 2.43. The van der Waals surface area contributed by atoms with Gasteiger partial charge >= 0.3 is 23.9 Å². The highest BCUT2D eigenvalue weighted by Gasteiger charge is 2.37. The van der Waals surface area contributed by atoms with E-state index in [-0.39, 0.29) is 145 Å². The van der Waals surface area contributed by atoms with Crippen molar-refractivity contribution < 1.29 is 113 Å². The van der Waals surface area contributed by atoms with E-state index >= 15 is 0 Å². The molecule has 4 N–H and O–H groups in total. The van der Waals surface area contributed by atoms with Crippen LogP contribution in [-0.2, 0) is 44.6 Å². The van der Waals surface area contributed by atoms with Crippen LogP contribution in [0.15, 0.2) is 97.1 Å². The summed E-state index contributed by atoms with van der Waals surface area (Å²) in [7, 11) is 0. The lowest BCUT2D eigenvalue weighted by atomic mass is 9.88. The fourth-order valence-electron chi connectivity index (χ4n) is 12.1. The van der Waals surface area contributed by atoms with Crippen LogP contribution in [0.3, 0.4) is 0 Å². The number of aliphatic hydroxyl groups is 4. The molecule has 8 atom stereocenters. The van der Waals surface area contributed by atoms with Crippen LogP contribution in [0.5, 0.6) is 23.5 Å². The van der Waals surface area contributed by atoms with Crippen molar-refractivity contribution >= 4 is 23.9 Å². The Bertz CT molecular complexity index is 3920. The third-order valence-corrected chi connectivity index (χ3v) is 17.6. The fraction of sp³-hybridized carbons (Fsp3) is 0.368. The van der Waals surface area contributed by atoms with Gasteiger partial charge in [0.25, 0.3) is 0 Å². The van der Waals surface area contributed by atoms with Crippen LogP contribution in [0.1, 0.15) is 120 Å². The third kappa shape index (κ3) is 17.9. The summed E-state index contributed by atoms with van der Waals surface area (Å²) in [5.74, 6) is -7.91. The van der Waals surface area contributed by atoms with Gasteiger partial charge in [0, 0.05) is 68.8 Å². The van der Waals surface area contributed by atoms with Gasteiger partial charge in [0.05, 0.1) is 52.9 Å². The Morgan fingerprint density at radius 1 is 0.337 bits per heavy atom. The van der Waals surface area contributed by atoms with Crippen LogP contribution in [0.25, 0.3) is 44.5 Å². The largest absolute Gasteiger partial charge is 0.471 e. The number of nitrogens with zero attached hydrogens (tertiary/aromatic N) is 4. The number of rotatable bonds is 16. The van der Waals surface area contributed by atoms with Crippen LogP contribution < -0.4 is 18.9 Å². The molecular formula is C76H76F8N4O16. The number of carbonyl (C=O) groups is 4. The minimum atomic E-state index is -0.745. The molecule has 4 aliphatic rings. The summed E-state index contributed by atoms with van der Waals surface area (Å²) < 4.78 is 153. The van der Waals surface area contributed by atoms with E-state index in [1.807, 2.05) is 27.7 Å². The molecule has 552 valence electrons. The number of fused-ring (bicyclic) bond motifs is 4. The van der Waals surface area contributed by atoms with Crippen molar-refractivity contribution in [3.63, 3.8) is 0 Å². The Labute approximate surface area is 592 Å². The summed E-state index contributed by atoms with van der Waals surface area (Å²) in [6.45, 7) is 14.1. The van der Waals surface area contributed by atoms with Gasteiger partial charge in [-0.3, -0.25) is 0 Å². The number of pyridine rings is 4. The van der Waals surface area contributed by atoms with Gasteiger partial charge in [0.2, 0.25) is 23.5 Å². The lowest BCUT2D eigenvalue weighted by Crippen LogP contribution is -2.35. The minimum absolute atomic E-state index is 0.0319. The Morgan fingerprint density at radius 2 is 0.529 bits per heavy atom. The Kier molecular flexibility index (Phi) is 26.2. The van der Waals surface area contributed by atoms with E-state index in [2.05, 4.69) is 19.9 Å². The van der Waals surface area contributed by atoms with Crippen LogP contribution >= 0.6 is 0 Å². The Balaban J connectivity index is 0.000000161. The molecule has 20 nitrogen and oxygen atoms in total. The molecule has 4 aromatic heterocycles. The second-order valence-corrected chi connectivity index (χ2v) is 24.8. The highest BCUT2D eigenvalue weighted by molar-refractivity contribution is 5.92. The number of aromatic nitrogens is 4. The molecule has 28 heteroatoms. The Hall–Kier alpha value is -10.2. The zero-order chi connectivity index (χ0) is 75.4. The van der Waals surface area contributed by atoms with Crippen molar-refractivity contribution in [1.29, 1.82) is 0 Å². The number of ether oxygens (including phenoxy) is 8. The van der Waals surface area contributed by atoms with Crippen molar-refractivity contribution in [2.75, 3.05) is 52.9 Å². The normalized spacial score (nSPS) is 18.8. The molecule has 0 saturated heterocycles. The summed E-state index contributed by atoms with van der Waals surface area (Å²) in [5.41, 5.74) is 4.51. The first-order chi connectivity index (χ1) is 49.8. The Morgan fingerprint density at radius 3 is 0.692 bits per heavy atom. The van der Waals surface area contributed by atoms with Gasteiger partial charge in [-0.15, -0.1) is 0 Å². The van der Waals surface area contributed by atoms with E-state index in [4.69, 9.17) is 37.9 Å². The molecule has 0 fully saturated rings. The van der Waals surface area contributed by atoms with Gasteiger partial charge in [-0.05, 0) is 172 Å². The average Bonchev–Trinajstić information content (AvgIpc) is 0.788. The molecule has 104 heavy (non-hydrogen) atoms. The molecule has 0 bridgehead atoms. The maximum absolute atomic E-state index is 14.4. The molecule has 0 amide bonds. The zero-order valence-corrected chi connectivity index (χ0v) is 57.8. The number of hydrogen-bond donors (Lipinski definition) is 4. The maximum Gasteiger partial charge on any atom is 0.357 e. The second-order valence-electron chi connectivity index (χ2n) is 24.8. The SMILES string of the molecule is CCOC(=O)c1cc(-c2ccc(F)cc2F)c2c(n1)O[C@@H](CO)[C@@H](C)C2.CCOC(=O)c1cc(-c2ccc(F)cc2F)c2c(n1)O[C@@H](CO)[C@H](C)C2.CCOC(=O)c1cc(-c2ccc(F)cc2F)c2c(n1)O[C@H](CO)[C@@H](C)C2.CCOC(=O)c1cc(-c2ccc(F)cc2F)c2c(n1)O[C@H](CO)[C@H](C)C2. The molecule has 12 rings (SSSR count). The number of benzene rings is 4. The second kappa shape index (κ2) is 34.9. The van der Waals surface area contributed by atoms with Crippen LogP contribution in [0, 0.1) is 70.2 Å². The quantitative estimate of drug-likeness (QED) is 0.0397. The first-order valence-electron chi connectivity index (χ1n) is 33.5. The molecular weight excluding hydrogens is 1380 g/mol. The van der Waals surface area contributed by atoms with Gasteiger partial charge in [0.15, 0.2) is 22.8 Å². The minimum Gasteiger partial charge on any atom is -0.471 e. The van der Waals surface area contributed by atoms with Crippen LogP contribution in [0.2, 0.25) is 0 Å². The first-order valence-corrected chi connectivity index (χ1v) is 33.5. The predicted molar refractivity (Wildman–Crippen MR) is 360 cm³/mol. The number of carbonyl (C=O) groups excluding carboxylic acids is 4. The van der Waals surface area contributed by atoms with Crippen molar-refractivity contribution in [2.45, 2.75) is 105 Å². The molecule has 4 aliphatic heterocycles. The van der Waals surface area contributed by atoms with E-state index in [0.29, 0.717) is 70.2 Å². The number of hydrogen-bond acceptors (Lipinski definition) is 20. The lowest BCUT2D eigenvalue weighted by Gasteiger charge is -2.31. The predicted octanol–water partition coefficient (Wildman–Crippen LogP) is 12.5. The summed E-state index contributed by atoms with van der Waals surface area (Å²) in [6, 6.07) is 18.8. The van der Waals surface area contributed by atoms with Crippen molar-refractivity contribution in [2.24, 2.45) is 23.7 Å². The van der Waals surface area contributed by atoms with Crippen LogP contribution in [-0.4, -0.2) is 142 Å². The molecule has 4 aromatic carbocycles. The monoisotopic (exact) mass is 1450 g/mol. The summed E-state index contributed by atoms with van der Waals surface area (Å²) in [6.07, 6.45) is 0.00510. The molecule has 0 spiro atoms. The van der Waals surface area contributed by atoms with Crippen molar-refractivity contribution in [1.82, 2.24) is 19.9 Å². The molecule has 8 heterocycles. The van der Waals surface area contributed by atoms with Crippen molar-refractivity contribution in [3.05, 3.63) is 189 Å². The maximum atomic E-state index is 14.4. The fourth-order valence-corrected chi connectivity index (χ4v) is 12.1. The average molecular weight is 1450 g/mol. The van der Waals surface area contributed by atoms with E-state index < -0.39 is 94.8 Å². The third-order valence-electron chi connectivity index (χ3n) is 17.6. The van der Waals surface area contributed by atoms with E-state index in [1.165, 1.54) is 48.5 Å².